The number of imidazole rings is 1. The maximum absolute atomic E-state index is 14.2. The Kier molecular flexibility index (Phi) is 6.45. The summed E-state index contributed by atoms with van der Waals surface area (Å²) in [5.41, 5.74) is 1.73. The summed E-state index contributed by atoms with van der Waals surface area (Å²) >= 11 is 0. The van der Waals surface area contributed by atoms with Crippen molar-refractivity contribution in [3.05, 3.63) is 41.2 Å². The number of carbonyl (C=O) groups is 1. The molecule has 0 radical (unpaired) electrons. The van der Waals surface area contributed by atoms with E-state index >= 15 is 0 Å². The molecule has 2 aromatic heterocycles. The Morgan fingerprint density at radius 1 is 1.18 bits per heavy atom. The van der Waals surface area contributed by atoms with E-state index < -0.39 is 31.7 Å². The van der Waals surface area contributed by atoms with E-state index in [2.05, 4.69) is 9.97 Å². The van der Waals surface area contributed by atoms with Crippen molar-refractivity contribution in [2.45, 2.75) is 57.9 Å². The molecular weight excluding hydrogens is 526 g/mol. The highest BCUT2D eigenvalue weighted by Crippen LogP contribution is 2.64. The standard InChI is InChI=1S/C27H33N3O6S2/c1-16-13-28-21(17(2)24(16)36-6)14-37(32)25-29-20-11-18(35-5)7-8-22(20)30(25)38(33,34)15-27-10-9-19(23(31)12-27)26(27,3)4/h7-8,11,13,19H,9-10,12,14-15H2,1-6H3/t19?,27-,37-/m0/s1. The first kappa shape index (κ1) is 26.8. The van der Waals surface area contributed by atoms with Gasteiger partial charge in [-0.15, -0.1) is 0 Å². The molecule has 0 amide bonds. The lowest BCUT2D eigenvalue weighted by atomic mass is 9.71. The van der Waals surface area contributed by atoms with Crippen LogP contribution in [0.25, 0.3) is 11.0 Å². The van der Waals surface area contributed by atoms with Crippen molar-refractivity contribution >= 4 is 37.6 Å². The van der Waals surface area contributed by atoms with Crippen LogP contribution in [-0.4, -0.2) is 52.3 Å². The fraction of sp³-hybridized carbons (Fsp3) is 0.519. The minimum absolute atomic E-state index is 0.0321. The molecule has 0 spiro atoms. The van der Waals surface area contributed by atoms with Crippen LogP contribution in [0.5, 0.6) is 11.5 Å². The maximum Gasteiger partial charge on any atom is 0.241 e. The van der Waals surface area contributed by atoms with Gasteiger partial charge in [0.1, 0.15) is 17.3 Å². The van der Waals surface area contributed by atoms with E-state index in [9.17, 15) is 17.4 Å². The molecule has 204 valence electrons. The summed E-state index contributed by atoms with van der Waals surface area (Å²) in [4.78, 5) is 21.7. The number of rotatable bonds is 8. The molecule has 0 saturated heterocycles. The van der Waals surface area contributed by atoms with Crippen molar-refractivity contribution in [1.82, 2.24) is 13.9 Å². The van der Waals surface area contributed by atoms with E-state index in [4.69, 9.17) is 9.47 Å². The predicted molar refractivity (Wildman–Crippen MR) is 144 cm³/mol. The van der Waals surface area contributed by atoms with Crippen molar-refractivity contribution in [2.75, 3.05) is 20.0 Å². The average molecular weight is 560 g/mol. The van der Waals surface area contributed by atoms with E-state index in [0.29, 0.717) is 41.1 Å². The summed E-state index contributed by atoms with van der Waals surface area (Å²) in [6, 6.07) is 4.91. The molecule has 2 bridgehead atoms. The number of nitrogens with zero attached hydrogens (tertiary/aromatic N) is 3. The van der Waals surface area contributed by atoms with E-state index in [-0.39, 0.29) is 34.8 Å². The van der Waals surface area contributed by atoms with Gasteiger partial charge in [-0.25, -0.2) is 17.4 Å². The van der Waals surface area contributed by atoms with Crippen LogP contribution in [0, 0.1) is 30.6 Å². The van der Waals surface area contributed by atoms with E-state index in [0.717, 1.165) is 15.1 Å². The molecule has 3 aromatic rings. The van der Waals surface area contributed by atoms with E-state index in [1.165, 1.54) is 7.11 Å². The first-order valence-electron chi connectivity index (χ1n) is 12.5. The Labute approximate surface area is 225 Å². The molecule has 2 aliphatic carbocycles. The average Bonchev–Trinajstić information content (AvgIpc) is 3.41. The lowest BCUT2D eigenvalue weighted by molar-refractivity contribution is -0.122. The van der Waals surface area contributed by atoms with Gasteiger partial charge in [0.2, 0.25) is 15.2 Å². The zero-order valence-corrected chi connectivity index (χ0v) is 24.2. The summed E-state index contributed by atoms with van der Waals surface area (Å²) in [6.45, 7) is 7.71. The van der Waals surface area contributed by atoms with Gasteiger partial charge in [0.25, 0.3) is 0 Å². The molecular formula is C27H33N3O6S2. The number of aromatic nitrogens is 3. The molecule has 3 atom stereocenters. The normalized spacial score (nSPS) is 23.2. The van der Waals surface area contributed by atoms with Gasteiger partial charge in [-0.3, -0.25) is 14.0 Å². The van der Waals surface area contributed by atoms with E-state index in [1.54, 1.807) is 31.5 Å². The molecule has 1 unspecified atom stereocenters. The van der Waals surface area contributed by atoms with Crippen LogP contribution in [0.4, 0.5) is 0 Å². The molecule has 2 saturated carbocycles. The number of pyridine rings is 1. The van der Waals surface area contributed by atoms with Crippen LogP contribution in [0.2, 0.25) is 0 Å². The van der Waals surface area contributed by atoms with Gasteiger partial charge < -0.3 is 9.47 Å². The summed E-state index contributed by atoms with van der Waals surface area (Å²) in [5, 5.41) is -0.0675. The summed E-state index contributed by atoms with van der Waals surface area (Å²) < 4.78 is 54.1. The number of hydrogen-bond acceptors (Lipinski definition) is 8. The van der Waals surface area contributed by atoms with Crippen LogP contribution < -0.4 is 9.47 Å². The molecule has 2 aliphatic rings. The van der Waals surface area contributed by atoms with Crippen LogP contribution >= 0.6 is 0 Å². The highest BCUT2D eigenvalue weighted by molar-refractivity contribution is 7.91. The molecule has 2 fully saturated rings. The smallest absolute Gasteiger partial charge is 0.241 e. The van der Waals surface area contributed by atoms with Gasteiger partial charge in [0.15, 0.2) is 0 Å². The second-order valence-electron chi connectivity index (χ2n) is 11.0. The van der Waals surface area contributed by atoms with Crippen molar-refractivity contribution in [2.24, 2.45) is 16.7 Å². The topological polar surface area (TPSA) is 117 Å². The summed E-state index contributed by atoms with van der Waals surface area (Å²) in [6.07, 6.45) is 3.26. The van der Waals surface area contributed by atoms with Crippen molar-refractivity contribution in [3.8, 4) is 11.5 Å². The Hall–Kier alpha value is -2.79. The molecule has 2 heterocycles. The highest BCUT2D eigenvalue weighted by Gasteiger charge is 2.64. The zero-order valence-electron chi connectivity index (χ0n) is 22.5. The third kappa shape index (κ3) is 3.97. The number of benzene rings is 1. The van der Waals surface area contributed by atoms with Gasteiger partial charge in [-0.2, -0.15) is 0 Å². The second-order valence-corrected chi connectivity index (χ2v) is 14.2. The second kappa shape index (κ2) is 9.15. The molecule has 5 rings (SSSR count). The minimum atomic E-state index is -4.06. The largest absolute Gasteiger partial charge is 0.497 e. The Bertz CT molecular complexity index is 1590. The number of ketones is 1. The lowest BCUT2D eigenvalue weighted by Crippen LogP contribution is -2.39. The highest BCUT2D eigenvalue weighted by atomic mass is 32.2. The summed E-state index contributed by atoms with van der Waals surface area (Å²) in [5.74, 6) is 0.927. The minimum Gasteiger partial charge on any atom is -0.497 e. The fourth-order valence-electron chi connectivity index (χ4n) is 6.49. The van der Waals surface area contributed by atoms with Gasteiger partial charge in [0, 0.05) is 35.7 Å². The quantitative estimate of drug-likeness (QED) is 0.407. The van der Waals surface area contributed by atoms with Crippen LogP contribution in [0.1, 0.15) is 49.9 Å². The number of fused-ring (bicyclic) bond motifs is 3. The number of carbonyl (C=O) groups excluding carboxylic acids is 1. The monoisotopic (exact) mass is 559 g/mol. The SMILES string of the molecule is COc1ccc2c(c1)nc([S@@](=O)Cc1ncc(C)c(OC)c1C)n2S(=O)(=O)C[C@]12CCC(C(=O)C1)C2(C)C. The van der Waals surface area contributed by atoms with Crippen molar-refractivity contribution in [3.63, 3.8) is 0 Å². The van der Waals surface area contributed by atoms with Crippen molar-refractivity contribution in [1.29, 1.82) is 0 Å². The number of Topliss-reactive ketones (excluding diaryl/α,β-unsaturated/α-hetero) is 1. The molecule has 1 aromatic carbocycles. The maximum atomic E-state index is 14.2. The molecule has 0 N–H and O–H groups in total. The van der Waals surface area contributed by atoms with Crippen LogP contribution in [0.3, 0.4) is 0 Å². The molecule has 11 heteroatoms. The Morgan fingerprint density at radius 3 is 2.53 bits per heavy atom. The van der Waals surface area contributed by atoms with E-state index in [1.807, 2.05) is 27.7 Å². The van der Waals surface area contributed by atoms with Gasteiger partial charge in [-0.05, 0) is 49.7 Å². The van der Waals surface area contributed by atoms with Gasteiger partial charge >= 0.3 is 0 Å². The Morgan fingerprint density at radius 2 is 1.92 bits per heavy atom. The van der Waals surface area contributed by atoms with Crippen LogP contribution in [0.15, 0.2) is 29.6 Å². The third-order valence-corrected chi connectivity index (χ3v) is 12.0. The van der Waals surface area contributed by atoms with Crippen LogP contribution in [-0.2, 0) is 31.4 Å². The summed E-state index contributed by atoms with van der Waals surface area (Å²) in [7, 11) is -2.82. The number of ether oxygens (including phenoxy) is 2. The first-order valence-corrected chi connectivity index (χ1v) is 15.5. The zero-order chi connectivity index (χ0) is 27.6. The first-order chi connectivity index (χ1) is 17.8. The lowest BCUT2D eigenvalue weighted by Gasteiger charge is -2.37. The number of hydrogen-bond donors (Lipinski definition) is 0. The van der Waals surface area contributed by atoms with Crippen molar-refractivity contribution < 1.29 is 26.9 Å². The van der Waals surface area contributed by atoms with Gasteiger partial charge in [-0.1, -0.05) is 13.8 Å². The Balaban J connectivity index is 1.61. The fourth-order valence-corrected chi connectivity index (χ4v) is 10.4. The molecule has 38 heavy (non-hydrogen) atoms. The predicted octanol–water partition coefficient (Wildman–Crippen LogP) is 3.95. The number of aryl methyl sites for hydroxylation is 1. The molecule has 9 nitrogen and oxygen atoms in total. The third-order valence-electron chi connectivity index (χ3n) is 8.80. The number of methoxy groups -OCH3 is 2. The van der Waals surface area contributed by atoms with Gasteiger partial charge in [0.05, 0.1) is 53.3 Å². The molecule has 0 aliphatic heterocycles.